The Morgan fingerprint density at radius 3 is 2.73 bits per heavy atom. The number of carbonyl (C=O) groups excluding carboxylic acids is 2. The first-order chi connectivity index (χ1) is 16.0. The summed E-state index contributed by atoms with van der Waals surface area (Å²) < 4.78 is 12.7. The summed E-state index contributed by atoms with van der Waals surface area (Å²) in [6.45, 7) is 1.06. The average Bonchev–Trinajstić information content (AvgIpc) is 3.38. The van der Waals surface area contributed by atoms with Crippen LogP contribution in [0.2, 0.25) is 0 Å². The van der Waals surface area contributed by atoms with Gasteiger partial charge in [0.15, 0.2) is 5.75 Å². The molecule has 0 bridgehead atoms. The number of esters is 2. The summed E-state index contributed by atoms with van der Waals surface area (Å²) >= 11 is 0. The van der Waals surface area contributed by atoms with Gasteiger partial charge in [-0.15, -0.1) is 0 Å². The van der Waals surface area contributed by atoms with Gasteiger partial charge in [0, 0.05) is 41.6 Å². The van der Waals surface area contributed by atoms with Crippen molar-refractivity contribution in [1.29, 1.82) is 0 Å². The van der Waals surface area contributed by atoms with E-state index in [9.17, 15) is 14.7 Å². The molecular weight excluding hydrogens is 422 g/mol. The van der Waals surface area contributed by atoms with Crippen molar-refractivity contribution in [3.63, 3.8) is 0 Å². The molecule has 0 atom stereocenters. The molecule has 4 rings (SSSR count). The minimum atomic E-state index is -0.630. The number of aromatic nitrogens is 2. The molecule has 8 heteroatoms. The number of aliphatic hydroxyl groups excluding tert-OH is 1. The van der Waals surface area contributed by atoms with Gasteiger partial charge in [-0.25, -0.2) is 9.59 Å². The van der Waals surface area contributed by atoms with Gasteiger partial charge >= 0.3 is 11.9 Å². The van der Waals surface area contributed by atoms with Crippen LogP contribution >= 0.6 is 0 Å². The summed E-state index contributed by atoms with van der Waals surface area (Å²) in [4.78, 5) is 30.9. The number of aromatic amines is 1. The van der Waals surface area contributed by atoms with Crippen LogP contribution in [-0.4, -0.2) is 65.3 Å². The quantitative estimate of drug-likeness (QED) is 0.301. The van der Waals surface area contributed by atoms with Gasteiger partial charge in [-0.1, -0.05) is 18.2 Å². The zero-order valence-corrected chi connectivity index (χ0v) is 18.6. The molecule has 0 saturated heterocycles. The summed E-state index contributed by atoms with van der Waals surface area (Å²) in [5.74, 6) is -0.715. The molecule has 0 unspecified atom stereocenters. The van der Waals surface area contributed by atoms with E-state index in [2.05, 4.69) is 11.1 Å². The first kappa shape index (κ1) is 22.6. The maximum atomic E-state index is 13.1. The number of rotatable bonds is 9. The molecule has 2 heterocycles. The van der Waals surface area contributed by atoms with E-state index in [1.54, 1.807) is 29.0 Å². The molecule has 0 amide bonds. The molecule has 0 spiro atoms. The van der Waals surface area contributed by atoms with Crippen molar-refractivity contribution in [3.05, 3.63) is 66.0 Å². The maximum absolute atomic E-state index is 13.1. The normalized spacial score (nSPS) is 11.4. The van der Waals surface area contributed by atoms with Gasteiger partial charge < -0.3 is 29.0 Å². The fraction of sp³-hybridized carbons (Fsp3) is 0.280. The van der Waals surface area contributed by atoms with Gasteiger partial charge in [-0.05, 0) is 44.8 Å². The number of para-hydroxylation sites is 1. The fourth-order valence-electron chi connectivity index (χ4n) is 3.77. The molecule has 2 N–H and O–H groups in total. The smallest absolute Gasteiger partial charge is 0.361 e. The van der Waals surface area contributed by atoms with Crippen LogP contribution in [0, 0.1) is 6.07 Å². The highest BCUT2D eigenvalue weighted by Crippen LogP contribution is 2.28. The lowest BCUT2D eigenvalue weighted by Crippen LogP contribution is -2.16. The number of benzene rings is 2. The third-order valence-corrected chi connectivity index (χ3v) is 5.32. The minimum Gasteiger partial charge on any atom is -0.462 e. The van der Waals surface area contributed by atoms with Crippen molar-refractivity contribution in [2.75, 3.05) is 33.9 Å². The van der Waals surface area contributed by atoms with Crippen LogP contribution < -0.4 is 4.74 Å². The van der Waals surface area contributed by atoms with Crippen molar-refractivity contribution in [1.82, 2.24) is 14.5 Å². The number of hydrogen-bond acceptors (Lipinski definition) is 6. The monoisotopic (exact) mass is 448 g/mol. The van der Waals surface area contributed by atoms with Crippen LogP contribution in [0.4, 0.5) is 0 Å². The molecule has 171 valence electrons. The van der Waals surface area contributed by atoms with Crippen molar-refractivity contribution < 1.29 is 24.2 Å². The number of carbonyl (C=O) groups is 2. The van der Waals surface area contributed by atoms with E-state index in [1.165, 1.54) is 0 Å². The Morgan fingerprint density at radius 1 is 1.12 bits per heavy atom. The van der Waals surface area contributed by atoms with Crippen LogP contribution in [0.25, 0.3) is 21.8 Å². The number of fused-ring (bicyclic) bond motifs is 2. The summed E-state index contributed by atoms with van der Waals surface area (Å²) in [6, 6.07) is 15.6. The third kappa shape index (κ3) is 4.76. The predicted molar refractivity (Wildman–Crippen MR) is 125 cm³/mol. The van der Waals surface area contributed by atoms with Crippen LogP contribution in [0.15, 0.2) is 48.7 Å². The first-order valence-electron chi connectivity index (χ1n) is 10.7. The molecule has 2 aromatic carbocycles. The highest BCUT2D eigenvalue weighted by molar-refractivity contribution is 6.07. The number of nitrogens with one attached hydrogen (secondary N) is 1. The number of nitrogens with zero attached hydrogens (tertiary/aromatic N) is 2. The molecule has 1 radical (unpaired) electrons. The van der Waals surface area contributed by atoms with E-state index in [0.717, 1.165) is 17.4 Å². The summed E-state index contributed by atoms with van der Waals surface area (Å²) in [5, 5.41) is 10.8. The van der Waals surface area contributed by atoms with E-state index < -0.39 is 11.9 Å². The van der Waals surface area contributed by atoms with E-state index in [-0.39, 0.29) is 18.8 Å². The largest absolute Gasteiger partial charge is 0.462 e. The van der Waals surface area contributed by atoms with Crippen molar-refractivity contribution in [2.45, 2.75) is 13.0 Å². The van der Waals surface area contributed by atoms with E-state index in [0.29, 0.717) is 35.2 Å². The van der Waals surface area contributed by atoms with Crippen LogP contribution in [0.1, 0.15) is 27.3 Å². The SMILES string of the molecule is CN(C)CCCOC(=O)c1cccc2c1[c]c(C(=O)Oc1c[nH]c3ccccc13)n2CCO. The topological polar surface area (TPSA) is 96.8 Å². The van der Waals surface area contributed by atoms with Gasteiger partial charge in [0.2, 0.25) is 0 Å². The lowest BCUT2D eigenvalue weighted by atomic mass is 10.1. The number of H-pyrrole nitrogens is 1. The number of ether oxygens (including phenoxy) is 2. The summed E-state index contributed by atoms with van der Waals surface area (Å²) in [7, 11) is 3.91. The standard InChI is InChI=1S/C25H26N3O5/c1-27(2)11-6-14-32-24(30)17-8-5-10-21-19(17)15-22(28(21)12-13-29)25(31)33-23-16-26-20-9-4-3-7-18(20)23/h3-5,7-10,16,26,29H,6,11-14H2,1-2H3. The third-order valence-electron chi connectivity index (χ3n) is 5.32. The van der Waals surface area contributed by atoms with Crippen LogP contribution in [0.3, 0.4) is 0 Å². The molecule has 33 heavy (non-hydrogen) atoms. The zero-order chi connectivity index (χ0) is 23.4. The van der Waals surface area contributed by atoms with Gasteiger partial charge in [-0.2, -0.15) is 0 Å². The van der Waals surface area contributed by atoms with E-state index >= 15 is 0 Å². The van der Waals surface area contributed by atoms with Gasteiger partial charge in [-0.3, -0.25) is 0 Å². The molecule has 0 aliphatic carbocycles. The molecule has 8 nitrogen and oxygen atoms in total. The van der Waals surface area contributed by atoms with E-state index in [1.807, 2.05) is 43.3 Å². The molecular formula is C25H26N3O5. The Kier molecular flexibility index (Phi) is 6.76. The second-order valence-electron chi connectivity index (χ2n) is 7.93. The first-order valence-corrected chi connectivity index (χ1v) is 10.7. The molecule has 0 aliphatic heterocycles. The highest BCUT2D eigenvalue weighted by Gasteiger charge is 2.23. The maximum Gasteiger partial charge on any atom is 0.361 e. The Labute approximate surface area is 191 Å². The highest BCUT2D eigenvalue weighted by atomic mass is 16.5. The van der Waals surface area contributed by atoms with Crippen molar-refractivity contribution in [2.24, 2.45) is 0 Å². The lowest BCUT2D eigenvalue weighted by molar-refractivity contribution is 0.0495. The Hall–Kier alpha value is -3.62. The van der Waals surface area contributed by atoms with Crippen molar-refractivity contribution in [3.8, 4) is 5.75 Å². The Morgan fingerprint density at radius 2 is 1.94 bits per heavy atom. The Bertz CT molecular complexity index is 1290. The van der Waals surface area contributed by atoms with E-state index in [4.69, 9.17) is 9.47 Å². The lowest BCUT2D eigenvalue weighted by Gasteiger charge is -2.10. The fourth-order valence-corrected chi connectivity index (χ4v) is 3.77. The summed E-state index contributed by atoms with van der Waals surface area (Å²) in [6.07, 6.45) is 2.34. The molecule has 0 aliphatic rings. The van der Waals surface area contributed by atoms with Crippen LogP contribution in [0.5, 0.6) is 5.75 Å². The van der Waals surface area contributed by atoms with Gasteiger partial charge in [0.05, 0.1) is 24.3 Å². The van der Waals surface area contributed by atoms with Crippen LogP contribution in [-0.2, 0) is 11.3 Å². The minimum absolute atomic E-state index is 0.122. The van der Waals surface area contributed by atoms with Gasteiger partial charge in [0.25, 0.3) is 0 Å². The molecule has 0 saturated carbocycles. The number of aliphatic hydroxyl groups is 1. The summed E-state index contributed by atoms with van der Waals surface area (Å²) in [5.41, 5.74) is 1.88. The van der Waals surface area contributed by atoms with Gasteiger partial charge in [0.1, 0.15) is 5.69 Å². The number of hydrogen-bond donors (Lipinski definition) is 2. The molecule has 4 aromatic rings. The zero-order valence-electron chi connectivity index (χ0n) is 18.6. The Balaban J connectivity index is 1.64. The predicted octanol–water partition coefficient (Wildman–Crippen LogP) is 3.24. The second kappa shape index (κ2) is 9.89. The second-order valence-corrected chi connectivity index (χ2v) is 7.93. The van der Waals surface area contributed by atoms with Crippen molar-refractivity contribution >= 4 is 33.7 Å². The molecule has 0 fully saturated rings. The molecule has 2 aromatic heterocycles. The average molecular weight is 448 g/mol.